The summed E-state index contributed by atoms with van der Waals surface area (Å²) in [6, 6.07) is 21.1. The molecule has 0 aromatic heterocycles. The van der Waals surface area contributed by atoms with Crippen molar-refractivity contribution in [2.45, 2.75) is 13.8 Å². The minimum atomic E-state index is 0. The van der Waals surface area contributed by atoms with Crippen molar-refractivity contribution >= 4 is 10.8 Å². The maximum Gasteiger partial charge on any atom is 4.00 e. The Bertz CT molecular complexity index is 520. The molecule has 0 bridgehead atoms. The van der Waals surface area contributed by atoms with Gasteiger partial charge in [-0.15, -0.1) is 29.7 Å². The van der Waals surface area contributed by atoms with Crippen molar-refractivity contribution in [1.82, 2.24) is 0 Å². The molecule has 0 aliphatic heterocycles. The maximum atomic E-state index is 2.17. The first-order chi connectivity index (χ1) is 7.75. The molecule has 0 unspecified atom stereocenters. The van der Waals surface area contributed by atoms with Crippen molar-refractivity contribution in [1.29, 1.82) is 0 Å². The first kappa shape index (κ1) is 21.0. The van der Waals surface area contributed by atoms with Gasteiger partial charge in [0.1, 0.15) is 0 Å². The zero-order chi connectivity index (χ0) is 11.4. The van der Waals surface area contributed by atoms with Crippen LogP contribution in [0.5, 0.6) is 0 Å². The molecule has 3 rings (SSSR count). The van der Waals surface area contributed by atoms with Crippen molar-refractivity contribution in [2.24, 2.45) is 0 Å². The second-order valence-corrected chi connectivity index (χ2v) is 4.12. The molecule has 98 valence electrons. The fourth-order valence-corrected chi connectivity index (χ4v) is 1.79. The van der Waals surface area contributed by atoms with Crippen LogP contribution in [0.25, 0.3) is 10.8 Å². The average molecular weight is 370 g/mol. The van der Waals surface area contributed by atoms with E-state index in [0.717, 1.165) is 0 Å². The molecule has 3 aromatic carbocycles. The summed E-state index contributed by atoms with van der Waals surface area (Å²) in [4.78, 5) is 0. The molecule has 3 heteroatoms. The molecule has 0 N–H and O–H groups in total. The van der Waals surface area contributed by atoms with Gasteiger partial charge in [0.25, 0.3) is 0 Å². The Morgan fingerprint density at radius 3 is 2.16 bits per heavy atom. The molecule has 0 atom stereocenters. The van der Waals surface area contributed by atoms with Crippen LogP contribution >= 0.6 is 0 Å². The second-order valence-electron chi connectivity index (χ2n) is 4.12. The van der Waals surface area contributed by atoms with Gasteiger partial charge in [0, 0.05) is 0 Å². The van der Waals surface area contributed by atoms with Gasteiger partial charge in [0.2, 0.25) is 0 Å². The Balaban J connectivity index is 0. The average Bonchev–Trinajstić information content (AvgIpc) is 2.88. The molecule has 0 aliphatic rings. The van der Waals surface area contributed by atoms with E-state index in [2.05, 4.69) is 74.5 Å². The van der Waals surface area contributed by atoms with Crippen molar-refractivity contribution in [3.8, 4) is 0 Å². The molecule has 0 aliphatic carbocycles. The number of fused-ring (bicyclic) bond motifs is 1. The standard InChI is InChI=1S/C9H7.C7H9.2ClH.Zr/c1-2-5-9-7-3-6-8(9)4-1;1-6-3-4-7(2)5-6;;;/h1-7H;3-5H,1-2H3;2*1H;/q2*-1;;;+4/p-2. The van der Waals surface area contributed by atoms with E-state index in [1.165, 1.54) is 21.9 Å². The molecule has 0 heterocycles. The molecule has 0 radical (unpaired) electrons. The van der Waals surface area contributed by atoms with Gasteiger partial charge in [-0.25, -0.2) is 11.6 Å². The zero-order valence-corrected chi connectivity index (χ0v) is 15.0. The first-order valence-electron chi connectivity index (χ1n) is 5.56. The number of rotatable bonds is 0. The van der Waals surface area contributed by atoms with Gasteiger partial charge in [0.15, 0.2) is 0 Å². The first-order valence-corrected chi connectivity index (χ1v) is 5.56. The SMILES string of the molecule is Cc1cc[c-](C)c1.[Cl-].[Cl-].[Zr+4].c1ccc2[cH-]ccc2c1. The molecule has 3 aromatic rings. The number of halogens is 2. The topological polar surface area (TPSA) is 0 Å². The zero-order valence-electron chi connectivity index (χ0n) is 11.0. The predicted molar refractivity (Wildman–Crippen MR) is 71.1 cm³/mol. The maximum absolute atomic E-state index is 2.17. The molecule has 0 spiro atoms. The van der Waals surface area contributed by atoms with Gasteiger partial charge in [0.05, 0.1) is 0 Å². The molecule has 0 saturated carbocycles. The summed E-state index contributed by atoms with van der Waals surface area (Å²) >= 11 is 0. The molecular weight excluding hydrogens is 354 g/mol. The van der Waals surface area contributed by atoms with Gasteiger partial charge in [-0.3, -0.25) is 0 Å². The van der Waals surface area contributed by atoms with Crippen molar-refractivity contribution in [2.75, 3.05) is 0 Å². The summed E-state index contributed by atoms with van der Waals surface area (Å²) in [5.41, 5.74) is 2.72. The summed E-state index contributed by atoms with van der Waals surface area (Å²) in [6.07, 6.45) is 0. The van der Waals surface area contributed by atoms with Gasteiger partial charge in [-0.2, -0.15) is 35.2 Å². The van der Waals surface area contributed by atoms with Crippen LogP contribution in [0.1, 0.15) is 11.1 Å². The normalized spacial score (nSPS) is 8.32. The molecule has 0 amide bonds. The van der Waals surface area contributed by atoms with E-state index >= 15 is 0 Å². The molecule has 19 heavy (non-hydrogen) atoms. The Morgan fingerprint density at radius 2 is 1.68 bits per heavy atom. The molecular formula is C16H16Cl2Zr. The summed E-state index contributed by atoms with van der Waals surface area (Å²) in [7, 11) is 0. The Kier molecular flexibility index (Phi) is 11.5. The second kappa shape index (κ2) is 10.4. The van der Waals surface area contributed by atoms with E-state index in [-0.39, 0.29) is 51.0 Å². The Labute approximate surface area is 146 Å². The van der Waals surface area contributed by atoms with Crippen LogP contribution in [-0.4, -0.2) is 0 Å². The van der Waals surface area contributed by atoms with Gasteiger partial charge >= 0.3 is 26.2 Å². The third-order valence-electron chi connectivity index (χ3n) is 2.61. The molecule has 0 saturated heterocycles. The van der Waals surface area contributed by atoms with Crippen LogP contribution in [0.15, 0.2) is 60.7 Å². The Morgan fingerprint density at radius 1 is 1.00 bits per heavy atom. The third kappa shape index (κ3) is 6.57. The monoisotopic (exact) mass is 368 g/mol. The van der Waals surface area contributed by atoms with E-state index in [0.29, 0.717) is 0 Å². The van der Waals surface area contributed by atoms with E-state index < -0.39 is 0 Å². The van der Waals surface area contributed by atoms with Crippen LogP contribution in [-0.2, 0) is 26.2 Å². The van der Waals surface area contributed by atoms with Gasteiger partial charge < -0.3 is 24.8 Å². The van der Waals surface area contributed by atoms with E-state index in [1.807, 2.05) is 0 Å². The number of hydrogen-bond acceptors (Lipinski definition) is 0. The fourth-order valence-electron chi connectivity index (χ4n) is 1.79. The van der Waals surface area contributed by atoms with Gasteiger partial charge in [-0.05, 0) is 0 Å². The van der Waals surface area contributed by atoms with Crippen LogP contribution in [0, 0.1) is 13.8 Å². The number of benzene rings is 1. The largest absolute Gasteiger partial charge is 4.00 e. The molecule has 0 fully saturated rings. The Hall–Kier alpha value is -0.357. The van der Waals surface area contributed by atoms with Crippen LogP contribution in [0.2, 0.25) is 0 Å². The molecule has 0 nitrogen and oxygen atoms in total. The number of aryl methyl sites for hydroxylation is 2. The van der Waals surface area contributed by atoms with Crippen molar-refractivity contribution in [3.05, 3.63) is 71.8 Å². The summed E-state index contributed by atoms with van der Waals surface area (Å²) < 4.78 is 0. The minimum absolute atomic E-state index is 0. The third-order valence-corrected chi connectivity index (χ3v) is 2.61. The summed E-state index contributed by atoms with van der Waals surface area (Å²) in [5.74, 6) is 0. The van der Waals surface area contributed by atoms with Crippen LogP contribution < -0.4 is 24.8 Å². The smallest absolute Gasteiger partial charge is 1.00 e. The minimum Gasteiger partial charge on any atom is -1.00 e. The van der Waals surface area contributed by atoms with E-state index in [4.69, 9.17) is 0 Å². The quantitative estimate of drug-likeness (QED) is 0.427. The van der Waals surface area contributed by atoms with Crippen molar-refractivity contribution < 1.29 is 51.0 Å². The van der Waals surface area contributed by atoms with Crippen LogP contribution in [0.4, 0.5) is 0 Å². The van der Waals surface area contributed by atoms with E-state index in [1.54, 1.807) is 0 Å². The van der Waals surface area contributed by atoms with Crippen LogP contribution in [0.3, 0.4) is 0 Å². The van der Waals surface area contributed by atoms with Crippen molar-refractivity contribution in [3.63, 3.8) is 0 Å². The van der Waals surface area contributed by atoms with Gasteiger partial charge in [-0.1, -0.05) is 19.9 Å². The number of hydrogen-bond donors (Lipinski definition) is 0. The summed E-state index contributed by atoms with van der Waals surface area (Å²) in [5, 5.41) is 2.66. The predicted octanol–water partition coefficient (Wildman–Crippen LogP) is -1.41. The fraction of sp³-hybridized carbons (Fsp3) is 0.125. The van der Waals surface area contributed by atoms with E-state index in [9.17, 15) is 0 Å². The summed E-state index contributed by atoms with van der Waals surface area (Å²) in [6.45, 7) is 4.21.